The molecule has 0 saturated carbocycles. The molecule has 0 radical (unpaired) electrons. The molecule has 0 amide bonds. The van der Waals surface area contributed by atoms with Crippen LogP contribution in [0.4, 0.5) is 0 Å². The Morgan fingerprint density at radius 3 is 2.31 bits per heavy atom. The molecule has 16 heavy (non-hydrogen) atoms. The van der Waals surface area contributed by atoms with E-state index in [2.05, 4.69) is 71.2 Å². The number of nitrogens with zero attached hydrogens (tertiary/aromatic N) is 2. The molecule has 3 heteroatoms. The van der Waals surface area contributed by atoms with Gasteiger partial charge >= 0.3 is 0 Å². The Hall–Kier alpha value is -0.800. The van der Waals surface area contributed by atoms with Crippen molar-refractivity contribution in [1.82, 2.24) is 10.0 Å². The van der Waals surface area contributed by atoms with Crippen LogP contribution in [0, 0.1) is 0 Å². The fourth-order valence-electron chi connectivity index (χ4n) is 2.21. The van der Waals surface area contributed by atoms with E-state index in [0.29, 0.717) is 6.04 Å². The molecule has 0 bridgehead atoms. The monoisotopic (exact) mass is 280 g/mol. The molecule has 1 heterocycles. The first-order chi connectivity index (χ1) is 7.66. The minimum Gasteiger partial charge on any atom is -0.307 e. The molecule has 0 N–H and O–H groups in total. The lowest BCUT2D eigenvalue weighted by molar-refractivity contribution is 0.0810. The van der Waals surface area contributed by atoms with Crippen molar-refractivity contribution in [3.8, 4) is 0 Å². The van der Waals surface area contributed by atoms with Gasteiger partial charge in [0.2, 0.25) is 0 Å². The number of hydrogen-bond donors (Lipinski definition) is 0. The molecule has 0 saturated heterocycles. The van der Waals surface area contributed by atoms with Crippen LogP contribution in [0.5, 0.6) is 0 Å². The first-order valence-electron chi connectivity index (χ1n) is 5.58. The molecule has 86 valence electrons. The van der Waals surface area contributed by atoms with Crippen LogP contribution in [-0.2, 0) is 0 Å². The summed E-state index contributed by atoms with van der Waals surface area (Å²) in [4.78, 5) is 0. The summed E-state index contributed by atoms with van der Waals surface area (Å²) in [6, 6.07) is 11.0. The summed E-state index contributed by atoms with van der Waals surface area (Å²) in [5.41, 5.74) is 2.54. The lowest BCUT2D eigenvalue weighted by Gasteiger charge is -2.28. The second kappa shape index (κ2) is 4.60. The maximum Gasteiger partial charge on any atom is 0.0709 e. The highest BCUT2D eigenvalue weighted by Crippen LogP contribution is 2.38. The molecule has 2 nitrogen and oxygen atoms in total. The van der Waals surface area contributed by atoms with Gasteiger partial charge in [0.25, 0.3) is 0 Å². The topological polar surface area (TPSA) is 6.48 Å². The quantitative estimate of drug-likeness (QED) is 0.820. The van der Waals surface area contributed by atoms with Gasteiger partial charge in [-0.25, -0.2) is 5.01 Å². The summed E-state index contributed by atoms with van der Waals surface area (Å²) in [6.07, 6.45) is 1.11. The van der Waals surface area contributed by atoms with Crippen LogP contribution < -0.4 is 0 Å². The SMILES string of the molecule is CCC1C(Br)=C(c2ccccc2)N(C)N1C. The lowest BCUT2D eigenvalue weighted by Crippen LogP contribution is -2.36. The molecule has 1 unspecified atom stereocenters. The number of halogens is 1. The molecule has 2 rings (SSSR count). The van der Waals surface area contributed by atoms with Crippen LogP contribution >= 0.6 is 15.9 Å². The normalized spacial score (nSPS) is 22.0. The van der Waals surface area contributed by atoms with Crippen molar-refractivity contribution in [2.75, 3.05) is 14.1 Å². The van der Waals surface area contributed by atoms with Crippen molar-refractivity contribution in [2.24, 2.45) is 0 Å². The first kappa shape index (κ1) is 11.7. The van der Waals surface area contributed by atoms with E-state index in [9.17, 15) is 0 Å². The Bertz CT molecular complexity index is 400. The molecule has 1 aromatic carbocycles. The summed E-state index contributed by atoms with van der Waals surface area (Å²) in [6.45, 7) is 2.21. The Balaban J connectivity index is 2.44. The fourth-order valence-corrected chi connectivity index (χ4v) is 3.31. The van der Waals surface area contributed by atoms with Gasteiger partial charge in [0.1, 0.15) is 0 Å². The molecule has 0 aliphatic carbocycles. The third kappa shape index (κ3) is 1.78. The molecule has 0 aromatic heterocycles. The zero-order chi connectivity index (χ0) is 11.7. The average molecular weight is 281 g/mol. The van der Waals surface area contributed by atoms with E-state index < -0.39 is 0 Å². The molecule has 1 atom stereocenters. The maximum atomic E-state index is 3.75. The standard InChI is InChI=1S/C13H17BrN2/c1-4-11-12(14)13(16(3)15(11)2)10-8-6-5-7-9-10/h5-9,11H,4H2,1-3H3. The van der Waals surface area contributed by atoms with Crippen LogP contribution in [0.25, 0.3) is 5.70 Å². The molecule has 0 spiro atoms. The highest BCUT2D eigenvalue weighted by Gasteiger charge is 2.32. The lowest BCUT2D eigenvalue weighted by atomic mass is 10.1. The summed E-state index contributed by atoms with van der Waals surface area (Å²) >= 11 is 3.75. The zero-order valence-corrected chi connectivity index (χ0v) is 11.5. The number of likely N-dealkylation sites (N-methyl/N-ethyl adjacent to an activating group) is 1. The molecular weight excluding hydrogens is 264 g/mol. The fraction of sp³-hybridized carbons (Fsp3) is 0.385. The first-order valence-corrected chi connectivity index (χ1v) is 6.37. The van der Waals surface area contributed by atoms with Crippen molar-refractivity contribution in [1.29, 1.82) is 0 Å². The van der Waals surface area contributed by atoms with Crippen molar-refractivity contribution in [3.63, 3.8) is 0 Å². The van der Waals surface area contributed by atoms with Crippen molar-refractivity contribution in [3.05, 3.63) is 40.4 Å². The molecule has 0 fully saturated rings. The largest absolute Gasteiger partial charge is 0.307 e. The molecular formula is C13H17BrN2. The van der Waals surface area contributed by atoms with Gasteiger partial charge in [-0.1, -0.05) is 53.2 Å². The summed E-state index contributed by atoms with van der Waals surface area (Å²) in [5, 5.41) is 4.49. The molecule has 1 aliphatic heterocycles. The number of benzene rings is 1. The van der Waals surface area contributed by atoms with Gasteiger partial charge < -0.3 is 5.01 Å². The van der Waals surface area contributed by atoms with Gasteiger partial charge in [0.05, 0.1) is 11.7 Å². The van der Waals surface area contributed by atoms with E-state index >= 15 is 0 Å². The van der Waals surface area contributed by atoms with E-state index in [4.69, 9.17) is 0 Å². The van der Waals surface area contributed by atoms with Gasteiger partial charge in [-0.2, -0.15) is 0 Å². The maximum absolute atomic E-state index is 3.75. The second-order valence-corrected chi connectivity index (χ2v) is 4.94. The van der Waals surface area contributed by atoms with Crippen LogP contribution in [0.1, 0.15) is 18.9 Å². The van der Waals surface area contributed by atoms with Gasteiger partial charge in [0.15, 0.2) is 0 Å². The van der Waals surface area contributed by atoms with E-state index in [0.717, 1.165) is 6.42 Å². The highest BCUT2D eigenvalue weighted by molar-refractivity contribution is 9.11. The third-order valence-corrected chi connectivity index (χ3v) is 4.10. The Labute approximate surface area is 106 Å². The summed E-state index contributed by atoms with van der Waals surface area (Å²) in [5.74, 6) is 0. The van der Waals surface area contributed by atoms with Crippen LogP contribution in [-0.4, -0.2) is 30.2 Å². The highest BCUT2D eigenvalue weighted by atomic mass is 79.9. The Kier molecular flexibility index (Phi) is 3.36. The van der Waals surface area contributed by atoms with Crippen LogP contribution in [0.2, 0.25) is 0 Å². The zero-order valence-electron chi connectivity index (χ0n) is 9.94. The molecule has 1 aromatic rings. The van der Waals surface area contributed by atoms with E-state index in [-0.39, 0.29) is 0 Å². The minimum absolute atomic E-state index is 0.459. The summed E-state index contributed by atoms with van der Waals surface area (Å²) in [7, 11) is 4.24. The van der Waals surface area contributed by atoms with Crippen molar-refractivity contribution < 1.29 is 0 Å². The Morgan fingerprint density at radius 2 is 1.81 bits per heavy atom. The minimum atomic E-state index is 0.459. The predicted octanol–water partition coefficient (Wildman–Crippen LogP) is 3.32. The smallest absolute Gasteiger partial charge is 0.0709 e. The third-order valence-electron chi connectivity index (χ3n) is 3.20. The van der Waals surface area contributed by atoms with E-state index in [1.807, 2.05) is 6.07 Å². The number of hydrogen-bond acceptors (Lipinski definition) is 2. The van der Waals surface area contributed by atoms with Crippen LogP contribution in [0.15, 0.2) is 34.8 Å². The predicted molar refractivity (Wildman–Crippen MR) is 71.9 cm³/mol. The van der Waals surface area contributed by atoms with Gasteiger partial charge in [-0.15, -0.1) is 0 Å². The summed E-state index contributed by atoms with van der Waals surface area (Å²) < 4.78 is 1.28. The number of hydrazine groups is 1. The van der Waals surface area contributed by atoms with E-state index in [1.54, 1.807) is 0 Å². The van der Waals surface area contributed by atoms with Gasteiger partial charge in [0, 0.05) is 24.1 Å². The average Bonchev–Trinajstić information content (AvgIpc) is 2.51. The van der Waals surface area contributed by atoms with Crippen LogP contribution in [0.3, 0.4) is 0 Å². The van der Waals surface area contributed by atoms with Gasteiger partial charge in [-0.3, -0.25) is 0 Å². The molecule has 1 aliphatic rings. The Morgan fingerprint density at radius 1 is 1.19 bits per heavy atom. The van der Waals surface area contributed by atoms with Crippen molar-refractivity contribution in [2.45, 2.75) is 19.4 Å². The number of rotatable bonds is 2. The second-order valence-electron chi connectivity index (χ2n) is 4.08. The van der Waals surface area contributed by atoms with Gasteiger partial charge in [-0.05, 0) is 6.42 Å². The van der Waals surface area contributed by atoms with Crippen molar-refractivity contribution >= 4 is 21.6 Å². The van der Waals surface area contributed by atoms with E-state index in [1.165, 1.54) is 15.7 Å².